The van der Waals surface area contributed by atoms with Crippen LogP contribution >= 0.6 is 8.81 Å². The number of ether oxygens (including phenoxy) is 1. The van der Waals surface area contributed by atoms with Gasteiger partial charge in [-0.3, -0.25) is 4.57 Å². The van der Waals surface area contributed by atoms with E-state index in [1.807, 2.05) is 6.07 Å². The third-order valence-corrected chi connectivity index (χ3v) is 3.52. The summed E-state index contributed by atoms with van der Waals surface area (Å²) in [5, 5.41) is 0.826. The molecule has 0 aliphatic carbocycles. The van der Waals surface area contributed by atoms with E-state index in [-0.39, 0.29) is 12.0 Å². The molecule has 0 radical (unpaired) electrons. The molecule has 2 heterocycles. The number of hydrogen-bond acceptors (Lipinski definition) is 5. The van der Waals surface area contributed by atoms with Crippen molar-refractivity contribution in [2.24, 2.45) is 0 Å². The van der Waals surface area contributed by atoms with Crippen LogP contribution < -0.4 is 10.6 Å². The molecule has 0 N–H and O–H groups in total. The van der Waals surface area contributed by atoms with E-state index in [4.69, 9.17) is 9.15 Å². The van der Waals surface area contributed by atoms with Crippen molar-refractivity contribution in [3.63, 3.8) is 0 Å². The van der Waals surface area contributed by atoms with Crippen molar-refractivity contribution in [3.05, 3.63) is 28.5 Å². The topological polar surface area (TPSA) is 80.3 Å². The summed E-state index contributed by atoms with van der Waals surface area (Å²) in [6, 6.07) is 1.94. The maximum absolute atomic E-state index is 11.8. The quantitative estimate of drug-likeness (QED) is 0.519. The molecule has 2 rings (SSSR count). The van der Waals surface area contributed by atoms with Gasteiger partial charge < -0.3 is 14.0 Å². The van der Waals surface area contributed by atoms with Crippen molar-refractivity contribution in [3.8, 4) is 0 Å². The van der Waals surface area contributed by atoms with Crippen LogP contribution in [0.5, 0.6) is 0 Å². The Hall–Kier alpha value is -1.23. The number of rotatable bonds is 9. The van der Waals surface area contributed by atoms with Crippen LogP contribution in [0, 0.1) is 0 Å². The molecule has 116 valence electrons. The molecule has 0 aromatic carbocycles. The second-order valence-corrected chi connectivity index (χ2v) is 5.42. The Morgan fingerprint density at radius 3 is 3.10 bits per heavy atom. The molecule has 2 aromatic heterocycles. The highest BCUT2D eigenvalue weighted by Gasteiger charge is 2.08. The summed E-state index contributed by atoms with van der Waals surface area (Å²) in [6.45, 7) is 2.88. The Labute approximate surface area is 125 Å². The molecule has 1 atom stereocenters. The molecule has 0 fully saturated rings. The second-order valence-electron chi connectivity index (χ2n) is 4.84. The molecule has 0 saturated heterocycles. The van der Waals surface area contributed by atoms with E-state index in [0.29, 0.717) is 18.9 Å². The normalized spacial score (nSPS) is 11.9. The van der Waals surface area contributed by atoms with Gasteiger partial charge >= 0.3 is 5.69 Å². The smallest absolute Gasteiger partial charge is 0.350 e. The monoisotopic (exact) mass is 311 g/mol. The highest BCUT2D eigenvalue weighted by Crippen LogP contribution is 2.17. The fourth-order valence-corrected chi connectivity index (χ4v) is 2.34. The van der Waals surface area contributed by atoms with Gasteiger partial charge in [0.2, 0.25) is 5.71 Å². The van der Waals surface area contributed by atoms with Crippen molar-refractivity contribution in [2.45, 2.75) is 39.2 Å². The van der Waals surface area contributed by atoms with Gasteiger partial charge in [0.1, 0.15) is 5.76 Å². The van der Waals surface area contributed by atoms with Gasteiger partial charge in [0.25, 0.3) is 0 Å². The van der Waals surface area contributed by atoms with E-state index in [9.17, 15) is 9.69 Å². The second kappa shape index (κ2) is 8.27. The third kappa shape index (κ3) is 4.63. The molecule has 1 unspecified atom stereocenters. The zero-order valence-electron chi connectivity index (χ0n) is 12.1. The lowest BCUT2D eigenvalue weighted by molar-refractivity contribution is -0.154. The number of aromatic nitrogens is 2. The van der Waals surface area contributed by atoms with E-state index >= 15 is 0 Å². The van der Waals surface area contributed by atoms with Crippen molar-refractivity contribution >= 4 is 19.9 Å². The van der Waals surface area contributed by atoms with Crippen LogP contribution in [0.25, 0.3) is 11.1 Å². The van der Waals surface area contributed by atoms with Gasteiger partial charge in [-0.15, -0.1) is 0 Å². The number of furan rings is 1. The van der Waals surface area contributed by atoms with Crippen molar-refractivity contribution < 1.29 is 14.0 Å². The first-order chi connectivity index (χ1) is 10.2. The molecule has 2 aromatic rings. The Balaban J connectivity index is 2.06. The maximum Gasteiger partial charge on any atom is 0.350 e. The van der Waals surface area contributed by atoms with Crippen LogP contribution in [0.4, 0.5) is 0 Å². The first-order valence-corrected chi connectivity index (χ1v) is 8.28. The molecule has 7 heteroatoms. The van der Waals surface area contributed by atoms with E-state index in [1.165, 1.54) is 4.57 Å². The predicted molar refractivity (Wildman–Crippen MR) is 80.6 cm³/mol. The number of nitrogens with zero attached hydrogens (tertiary/aromatic N) is 2. The van der Waals surface area contributed by atoms with Gasteiger partial charge in [-0.25, -0.2) is 4.79 Å². The molecule has 0 saturated carbocycles. The van der Waals surface area contributed by atoms with Gasteiger partial charge in [0.05, 0.1) is 18.5 Å². The van der Waals surface area contributed by atoms with Gasteiger partial charge in [0.15, 0.2) is 0 Å². The molecule has 6 nitrogen and oxygen atoms in total. The summed E-state index contributed by atoms with van der Waals surface area (Å²) in [7, 11) is -0.480. The average molecular weight is 311 g/mol. The van der Waals surface area contributed by atoms with Crippen molar-refractivity contribution in [1.29, 1.82) is 0 Å². The highest BCUT2D eigenvalue weighted by atomic mass is 31.1. The zero-order valence-corrected chi connectivity index (χ0v) is 13.1. The minimum absolute atomic E-state index is 0.192. The average Bonchev–Trinajstić information content (AvgIpc) is 2.85. The van der Waals surface area contributed by atoms with Crippen molar-refractivity contribution in [2.75, 3.05) is 13.0 Å². The predicted octanol–water partition coefficient (Wildman–Crippen LogP) is 1.65. The number of unbranched alkanes of at least 4 members (excludes halogenated alkanes) is 2. The summed E-state index contributed by atoms with van der Waals surface area (Å²) in [4.78, 5) is 26.1. The van der Waals surface area contributed by atoms with Gasteiger partial charge in [-0.1, -0.05) is 19.8 Å². The SMILES string of the molecule is CCCCCc1cc2cn(CCOCP[O-])c(=O)nc2o1. The van der Waals surface area contributed by atoms with Crippen molar-refractivity contribution in [1.82, 2.24) is 9.55 Å². The Kier molecular flexibility index (Phi) is 6.36. The van der Waals surface area contributed by atoms with Gasteiger partial charge in [-0.2, -0.15) is 13.8 Å². The number of aryl methyl sites for hydroxylation is 1. The van der Waals surface area contributed by atoms with Crippen LogP contribution in [0.2, 0.25) is 0 Å². The summed E-state index contributed by atoms with van der Waals surface area (Å²) < 4.78 is 12.2. The third-order valence-electron chi connectivity index (χ3n) is 3.19. The van der Waals surface area contributed by atoms with E-state index in [2.05, 4.69) is 11.9 Å². The van der Waals surface area contributed by atoms with Gasteiger partial charge in [0, 0.05) is 19.0 Å². The molecular weight excluding hydrogens is 291 g/mol. The summed E-state index contributed by atoms with van der Waals surface area (Å²) >= 11 is 0. The lowest BCUT2D eigenvalue weighted by atomic mass is 10.2. The van der Waals surface area contributed by atoms with Crippen LogP contribution in [-0.4, -0.2) is 22.5 Å². The largest absolute Gasteiger partial charge is 0.830 e. The van der Waals surface area contributed by atoms with Crippen LogP contribution in [-0.2, 0) is 17.7 Å². The fraction of sp³-hybridized carbons (Fsp3) is 0.571. The Morgan fingerprint density at radius 2 is 2.33 bits per heavy atom. The Bertz CT molecular complexity index is 623. The highest BCUT2D eigenvalue weighted by molar-refractivity contribution is 7.29. The molecular formula is C14H20N2O4P-. The molecule has 21 heavy (non-hydrogen) atoms. The van der Waals surface area contributed by atoms with E-state index in [0.717, 1.165) is 36.8 Å². The van der Waals surface area contributed by atoms with Crippen LogP contribution in [0.1, 0.15) is 31.9 Å². The van der Waals surface area contributed by atoms with Gasteiger partial charge in [-0.05, 0) is 12.5 Å². The standard InChI is InChI=1S/C14H20N2O4P/c1-2-3-4-5-12-8-11-9-16(6-7-19-10-21-18)14(17)15-13(11)20-12/h8-9,21H,2-7,10H2,1H3/q-1. The summed E-state index contributed by atoms with van der Waals surface area (Å²) in [5.74, 6) is 0.868. The molecule has 0 aliphatic heterocycles. The molecule has 0 aliphatic rings. The van der Waals surface area contributed by atoms with Crippen LogP contribution in [0.15, 0.2) is 21.5 Å². The summed E-state index contributed by atoms with van der Waals surface area (Å²) in [5.41, 5.74) is 0.0369. The van der Waals surface area contributed by atoms with E-state index < -0.39 is 8.81 Å². The molecule has 0 amide bonds. The van der Waals surface area contributed by atoms with Crippen LogP contribution in [0.3, 0.4) is 0 Å². The lowest BCUT2D eigenvalue weighted by Crippen LogP contribution is -2.24. The Morgan fingerprint density at radius 1 is 1.48 bits per heavy atom. The number of hydrogen-bond donors (Lipinski definition) is 0. The lowest BCUT2D eigenvalue weighted by Gasteiger charge is -2.07. The molecule has 0 spiro atoms. The first kappa shape index (κ1) is 16.1. The molecule has 0 bridgehead atoms. The minimum Gasteiger partial charge on any atom is -0.830 e. The maximum atomic E-state index is 11.8. The minimum atomic E-state index is -0.480. The zero-order chi connectivity index (χ0) is 15.1. The number of fused-ring (bicyclic) bond motifs is 1. The van der Waals surface area contributed by atoms with E-state index in [1.54, 1.807) is 6.20 Å². The first-order valence-electron chi connectivity index (χ1n) is 7.17. The summed E-state index contributed by atoms with van der Waals surface area (Å²) in [6.07, 6.45) is 6.19. The fourth-order valence-electron chi connectivity index (χ4n) is 2.11.